The largest absolute Gasteiger partial charge is 0.393 e. The third-order valence-corrected chi connectivity index (χ3v) is 10.2. The van der Waals surface area contributed by atoms with E-state index in [0.717, 1.165) is 106 Å². The zero-order valence-corrected chi connectivity index (χ0v) is 26.9. The van der Waals surface area contributed by atoms with E-state index in [9.17, 15) is 9.90 Å². The summed E-state index contributed by atoms with van der Waals surface area (Å²) in [6.45, 7) is 5.72. The number of morpholine rings is 1. The number of carbonyl (C=O) groups excluding carboxylic acids is 1. The predicted molar refractivity (Wildman–Crippen MR) is 183 cm³/mol. The van der Waals surface area contributed by atoms with E-state index in [1.54, 1.807) is 0 Å². The Morgan fingerprint density at radius 1 is 0.809 bits per heavy atom. The van der Waals surface area contributed by atoms with Crippen LogP contribution in [0.15, 0.2) is 54.7 Å². The molecule has 47 heavy (non-hydrogen) atoms. The Morgan fingerprint density at radius 3 is 2.11 bits per heavy atom. The minimum Gasteiger partial charge on any atom is -0.393 e. The number of likely N-dealkylation sites (N-methyl/N-ethyl adjacent to an activating group) is 1. The Balaban J connectivity index is 0.998. The smallest absolute Gasteiger partial charge is 0.323 e. The summed E-state index contributed by atoms with van der Waals surface area (Å²) < 4.78 is 8.17. The summed E-state index contributed by atoms with van der Waals surface area (Å²) in [6, 6.07) is 15.6. The lowest BCUT2D eigenvalue weighted by Crippen LogP contribution is -2.44. The number of carbonyl (C=O) groups is 1. The third-order valence-electron chi connectivity index (χ3n) is 10.2. The monoisotopic (exact) mass is 637 g/mol. The molecular formula is C35H43N9O3. The lowest BCUT2D eigenvalue weighted by atomic mass is 9.93. The molecule has 2 unspecified atom stereocenters. The van der Waals surface area contributed by atoms with Crippen LogP contribution in [0.25, 0.3) is 22.4 Å². The van der Waals surface area contributed by atoms with Crippen LogP contribution in [0.1, 0.15) is 44.6 Å². The number of aliphatic hydroxyl groups is 1. The van der Waals surface area contributed by atoms with Gasteiger partial charge >= 0.3 is 6.03 Å². The van der Waals surface area contributed by atoms with Crippen molar-refractivity contribution in [2.24, 2.45) is 0 Å². The van der Waals surface area contributed by atoms with Crippen molar-refractivity contribution in [2.45, 2.75) is 62.9 Å². The van der Waals surface area contributed by atoms with Crippen molar-refractivity contribution in [3.8, 4) is 11.4 Å². The van der Waals surface area contributed by atoms with Crippen molar-refractivity contribution in [3.05, 3.63) is 54.7 Å². The van der Waals surface area contributed by atoms with E-state index in [1.807, 2.05) is 47.3 Å². The molecule has 0 radical (unpaired) electrons. The quantitative estimate of drug-likeness (QED) is 0.275. The van der Waals surface area contributed by atoms with Crippen LogP contribution in [-0.4, -0.2) is 100 Å². The van der Waals surface area contributed by atoms with E-state index < -0.39 is 0 Å². The lowest BCUT2D eigenvalue weighted by Gasteiger charge is -2.34. The summed E-state index contributed by atoms with van der Waals surface area (Å²) in [4.78, 5) is 30.1. The standard InChI is InChI=1S/C35H43N9O3/c1-41-16-18-42(19-17-41)26-8-6-25(7-9-26)38-35(46)37-24-4-2-23(3-5-24)32-39-33(43-21-29-14-15-30(22-43)47-29)31-20-36-44(34(31)40-32)27-10-12-28(45)13-11-27/h2-9,20,27-30,45H,10-19,21-22H2,1H3,(H2,37,38,46)/t27-,28+,29?,30?. The van der Waals surface area contributed by atoms with E-state index in [-0.39, 0.29) is 30.4 Å². The number of rotatable bonds is 6. The average Bonchev–Trinajstić information content (AvgIpc) is 3.67. The second-order valence-corrected chi connectivity index (χ2v) is 13.5. The van der Waals surface area contributed by atoms with Gasteiger partial charge in [-0.1, -0.05) is 0 Å². The number of anilines is 4. The van der Waals surface area contributed by atoms with Gasteiger partial charge in [0.2, 0.25) is 0 Å². The molecule has 12 nitrogen and oxygen atoms in total. The summed E-state index contributed by atoms with van der Waals surface area (Å²) in [6.07, 6.45) is 7.57. The van der Waals surface area contributed by atoms with Gasteiger partial charge in [0, 0.05) is 61.9 Å². The van der Waals surface area contributed by atoms with Crippen molar-refractivity contribution >= 4 is 39.9 Å². The molecule has 5 heterocycles. The fourth-order valence-corrected chi connectivity index (χ4v) is 7.46. The number of urea groups is 1. The number of piperazine rings is 1. The van der Waals surface area contributed by atoms with Crippen molar-refractivity contribution in [3.63, 3.8) is 0 Å². The van der Waals surface area contributed by atoms with E-state index in [4.69, 9.17) is 19.8 Å². The first-order valence-electron chi connectivity index (χ1n) is 17.0. The number of hydrogen-bond acceptors (Lipinski definition) is 9. The number of nitrogens with zero attached hydrogens (tertiary/aromatic N) is 7. The molecule has 1 aliphatic carbocycles. The van der Waals surface area contributed by atoms with Crippen LogP contribution in [0.2, 0.25) is 0 Å². The highest BCUT2D eigenvalue weighted by Gasteiger charge is 2.36. The van der Waals surface area contributed by atoms with Gasteiger partial charge in [-0.25, -0.2) is 19.4 Å². The molecule has 4 aliphatic rings. The number of aromatic nitrogens is 4. The summed E-state index contributed by atoms with van der Waals surface area (Å²) >= 11 is 0. The Labute approximate surface area is 274 Å². The number of fused-ring (bicyclic) bond motifs is 3. The number of aliphatic hydroxyl groups excluding tert-OH is 1. The highest BCUT2D eigenvalue weighted by atomic mass is 16.5. The fraction of sp³-hybridized carbons (Fsp3) is 0.486. The molecule has 246 valence electrons. The van der Waals surface area contributed by atoms with E-state index in [1.165, 1.54) is 5.69 Å². The average molecular weight is 638 g/mol. The lowest BCUT2D eigenvalue weighted by molar-refractivity contribution is 0.0303. The van der Waals surface area contributed by atoms with Gasteiger partial charge in [-0.3, -0.25) is 0 Å². The van der Waals surface area contributed by atoms with Gasteiger partial charge < -0.3 is 35.2 Å². The molecule has 2 bridgehead atoms. The summed E-state index contributed by atoms with van der Waals surface area (Å²) in [7, 11) is 2.15. The molecule has 4 aromatic rings. The zero-order valence-electron chi connectivity index (χ0n) is 26.9. The van der Waals surface area contributed by atoms with E-state index in [2.05, 4.69) is 44.5 Å². The van der Waals surface area contributed by atoms with Crippen LogP contribution in [-0.2, 0) is 4.74 Å². The Hall–Kier alpha value is -4.26. The summed E-state index contributed by atoms with van der Waals surface area (Å²) in [5.74, 6) is 1.52. The first kappa shape index (κ1) is 30.1. The van der Waals surface area contributed by atoms with Crippen molar-refractivity contribution < 1.29 is 14.6 Å². The third kappa shape index (κ3) is 6.37. The van der Waals surface area contributed by atoms with Crippen LogP contribution in [0.4, 0.5) is 27.7 Å². The minimum absolute atomic E-state index is 0.195. The van der Waals surface area contributed by atoms with Crippen LogP contribution >= 0.6 is 0 Å². The van der Waals surface area contributed by atoms with Crippen LogP contribution in [0.5, 0.6) is 0 Å². The van der Waals surface area contributed by atoms with Gasteiger partial charge in [0.15, 0.2) is 11.5 Å². The van der Waals surface area contributed by atoms with Crippen LogP contribution < -0.4 is 20.4 Å². The number of amides is 2. The van der Waals surface area contributed by atoms with Gasteiger partial charge in [0.1, 0.15) is 5.82 Å². The molecule has 2 aromatic heterocycles. The maximum atomic E-state index is 12.9. The summed E-state index contributed by atoms with van der Waals surface area (Å²) in [5.41, 5.74) is 4.28. The van der Waals surface area contributed by atoms with Gasteiger partial charge in [-0.15, -0.1) is 0 Å². The molecule has 3 N–H and O–H groups in total. The molecular weight excluding hydrogens is 594 g/mol. The molecule has 2 aromatic carbocycles. The molecule has 3 aliphatic heterocycles. The van der Waals surface area contributed by atoms with Gasteiger partial charge in [-0.05, 0) is 94.1 Å². The molecule has 0 spiro atoms. The van der Waals surface area contributed by atoms with Crippen LogP contribution in [0, 0.1) is 0 Å². The first-order valence-corrected chi connectivity index (χ1v) is 17.0. The topological polar surface area (TPSA) is 124 Å². The maximum Gasteiger partial charge on any atom is 0.323 e. The fourth-order valence-electron chi connectivity index (χ4n) is 7.46. The van der Waals surface area contributed by atoms with Crippen molar-refractivity contribution in [1.82, 2.24) is 24.6 Å². The predicted octanol–water partition coefficient (Wildman–Crippen LogP) is 4.73. The van der Waals surface area contributed by atoms with Crippen LogP contribution in [0.3, 0.4) is 0 Å². The first-order chi connectivity index (χ1) is 22.9. The highest BCUT2D eigenvalue weighted by molar-refractivity contribution is 6.00. The SMILES string of the molecule is CN1CCN(c2ccc(NC(=O)Nc3ccc(-c4nc(N5CC6CCC(C5)O6)c5cnn([C@H]6CC[C@@H](O)CC6)c5n4)cc3)cc2)CC1. The minimum atomic E-state index is -0.298. The summed E-state index contributed by atoms with van der Waals surface area (Å²) in [5, 5.41) is 21.8. The maximum absolute atomic E-state index is 12.9. The normalized spacial score (nSPS) is 24.9. The van der Waals surface area contributed by atoms with E-state index >= 15 is 0 Å². The molecule has 8 rings (SSSR count). The number of hydrogen-bond donors (Lipinski definition) is 3. The number of nitrogens with one attached hydrogen (secondary N) is 2. The van der Waals surface area contributed by atoms with Gasteiger partial charge in [-0.2, -0.15) is 5.10 Å². The molecule has 4 fully saturated rings. The second-order valence-electron chi connectivity index (χ2n) is 13.5. The molecule has 1 saturated carbocycles. The van der Waals surface area contributed by atoms with Gasteiger partial charge in [0.05, 0.1) is 35.9 Å². The van der Waals surface area contributed by atoms with Crippen molar-refractivity contribution in [1.29, 1.82) is 0 Å². The number of ether oxygens (including phenoxy) is 1. The molecule has 2 amide bonds. The Kier molecular flexibility index (Phi) is 8.16. The molecule has 2 atom stereocenters. The van der Waals surface area contributed by atoms with Crippen molar-refractivity contribution in [2.75, 3.05) is 66.7 Å². The Morgan fingerprint density at radius 2 is 1.45 bits per heavy atom. The highest BCUT2D eigenvalue weighted by Crippen LogP contribution is 2.36. The number of benzene rings is 2. The second kappa shape index (κ2) is 12.7. The van der Waals surface area contributed by atoms with Gasteiger partial charge in [0.25, 0.3) is 0 Å². The zero-order chi connectivity index (χ0) is 31.9. The Bertz CT molecular complexity index is 1700. The molecule has 12 heteroatoms. The van der Waals surface area contributed by atoms with E-state index in [0.29, 0.717) is 11.5 Å². The molecule has 3 saturated heterocycles.